The number of hydrogen-bond acceptors (Lipinski definition) is 25. The van der Waals surface area contributed by atoms with Gasteiger partial charge >= 0.3 is 0 Å². The number of imide groups is 1. The minimum Gasteiger partial charge on any atom is -0.460 e. The van der Waals surface area contributed by atoms with E-state index in [1.807, 2.05) is 0 Å². The molecule has 2 heterocycles. The van der Waals surface area contributed by atoms with Crippen LogP contribution in [0.2, 0.25) is 0 Å². The van der Waals surface area contributed by atoms with Crippen molar-refractivity contribution in [2.24, 2.45) is 5.73 Å². The lowest BCUT2D eigenvalue weighted by Crippen LogP contribution is -2.60. The quantitative estimate of drug-likeness (QED) is 0.0230. The van der Waals surface area contributed by atoms with Gasteiger partial charge in [0.15, 0.2) is 0 Å². The molecular weight excluding hydrogens is 1130 g/mol. The Balaban J connectivity index is 1.19. The first-order valence-corrected chi connectivity index (χ1v) is 28.6. The van der Waals surface area contributed by atoms with Crippen LogP contribution in [0.5, 0.6) is 5.75 Å². The monoisotopic (exact) mass is 1220 g/mol. The number of aliphatic hydroxyl groups is 4. The SMILES string of the molecule is COCCOCCOCCOCCOCCOCCOCCOCCOCCOCCOCCOCCC(=O)NCCCC[C@H](NC(=O)[C@H](CN)N1C(=O)C=CC1=O)C(=O)NCCC(=O)Nc1cc(C)ccc1O[C@H]1O[C@H](CO)[C@@H](O)[C@H](O)[C@@H]1O. The van der Waals surface area contributed by atoms with Crippen molar-refractivity contribution in [1.29, 1.82) is 0 Å². The van der Waals surface area contributed by atoms with E-state index in [4.69, 9.17) is 72.0 Å². The Morgan fingerprint density at radius 2 is 1.06 bits per heavy atom. The fourth-order valence-corrected chi connectivity index (χ4v) is 7.75. The molecule has 1 aromatic rings. The Kier molecular flexibility index (Phi) is 41.2. The topological polar surface area (TPSA) is 390 Å². The molecule has 1 aromatic carbocycles. The van der Waals surface area contributed by atoms with Gasteiger partial charge in [-0.3, -0.25) is 33.7 Å². The van der Waals surface area contributed by atoms with Crippen LogP contribution in [-0.2, 0) is 90.3 Å². The zero-order valence-electron chi connectivity index (χ0n) is 49.0. The summed E-state index contributed by atoms with van der Waals surface area (Å²) in [6.07, 6.45) is -5.11. The summed E-state index contributed by atoms with van der Waals surface area (Å²) >= 11 is 0. The van der Waals surface area contributed by atoms with Gasteiger partial charge in [-0.1, -0.05) is 6.07 Å². The van der Waals surface area contributed by atoms with Crippen LogP contribution in [0.15, 0.2) is 30.4 Å². The highest BCUT2D eigenvalue weighted by Crippen LogP contribution is 2.30. The second-order valence-electron chi connectivity index (χ2n) is 18.9. The van der Waals surface area contributed by atoms with Crippen LogP contribution in [-0.4, -0.2) is 289 Å². The second-order valence-corrected chi connectivity index (χ2v) is 18.9. The van der Waals surface area contributed by atoms with Crippen LogP contribution in [0, 0.1) is 6.92 Å². The molecule has 85 heavy (non-hydrogen) atoms. The molecule has 0 bridgehead atoms. The predicted molar refractivity (Wildman–Crippen MR) is 300 cm³/mol. The molecule has 0 spiro atoms. The molecule has 486 valence electrons. The van der Waals surface area contributed by atoms with Gasteiger partial charge in [0.25, 0.3) is 11.8 Å². The maximum Gasteiger partial charge on any atom is 0.254 e. The Hall–Kier alpha value is -4.94. The van der Waals surface area contributed by atoms with Crippen molar-refractivity contribution in [3.8, 4) is 5.75 Å². The number of rotatable bonds is 53. The smallest absolute Gasteiger partial charge is 0.254 e. The first-order valence-electron chi connectivity index (χ1n) is 28.6. The summed E-state index contributed by atoms with van der Waals surface area (Å²) in [6.45, 7) is 10.7. The van der Waals surface area contributed by atoms with Crippen LogP contribution in [0.4, 0.5) is 5.69 Å². The highest BCUT2D eigenvalue weighted by molar-refractivity contribution is 6.15. The van der Waals surface area contributed by atoms with Crippen molar-refractivity contribution < 1.29 is 116 Å². The van der Waals surface area contributed by atoms with Crippen molar-refractivity contribution in [2.75, 3.05) is 191 Å². The molecule has 6 amide bonds. The van der Waals surface area contributed by atoms with E-state index in [2.05, 4.69) is 21.3 Å². The molecule has 3 rings (SSSR count). The molecule has 7 atom stereocenters. The van der Waals surface area contributed by atoms with E-state index in [0.29, 0.717) is 162 Å². The van der Waals surface area contributed by atoms with Crippen LogP contribution in [0.1, 0.15) is 37.7 Å². The summed E-state index contributed by atoms with van der Waals surface area (Å²) in [5.74, 6) is -3.82. The van der Waals surface area contributed by atoms with Gasteiger partial charge in [-0.05, 0) is 43.9 Å². The molecule has 0 aliphatic carbocycles. The Morgan fingerprint density at radius 3 is 1.52 bits per heavy atom. The van der Waals surface area contributed by atoms with E-state index in [1.54, 1.807) is 26.2 Å². The summed E-state index contributed by atoms with van der Waals surface area (Å²) in [4.78, 5) is 78.0. The predicted octanol–water partition coefficient (Wildman–Crippen LogP) is -3.14. The number of carbonyl (C=O) groups excluding carboxylic acids is 6. The van der Waals surface area contributed by atoms with Crippen LogP contribution >= 0.6 is 0 Å². The van der Waals surface area contributed by atoms with Crippen molar-refractivity contribution in [3.05, 3.63) is 35.9 Å². The number of hydrogen-bond donors (Lipinski definition) is 9. The summed E-state index contributed by atoms with van der Waals surface area (Å²) in [7, 11) is 1.63. The van der Waals surface area contributed by atoms with Gasteiger partial charge in [-0.25, -0.2) is 0 Å². The Labute approximate surface area is 496 Å². The minimum atomic E-state index is -1.70. The van der Waals surface area contributed by atoms with Crippen LogP contribution < -0.4 is 31.7 Å². The van der Waals surface area contributed by atoms with Crippen molar-refractivity contribution >= 4 is 41.1 Å². The van der Waals surface area contributed by atoms with E-state index in [0.717, 1.165) is 12.2 Å². The standard InChI is InChI=1S/C55H92N6O24/c1-40-6-7-44(84-55-52(69)51(68)50(67)45(39-62)85-55)42(37-40)59-47(64)10-13-58-53(70)41(60-54(71)43(38-56)61-48(65)8-9-49(61)66)5-3-4-12-57-46(63)11-14-73-17-18-75-21-22-77-25-26-79-29-30-81-33-34-83-36-35-82-32-31-80-28-27-78-24-23-76-20-19-74-16-15-72-2/h6-9,37,41,43,45,50-52,55,62,67-69H,3-5,10-36,38-39,56H2,1-2H3,(H,57,63)(H,58,70)(H,59,64)(H,60,71)/t41-,43-,45+,50+,51-,52-,55-/m0/s1. The molecule has 1 saturated heterocycles. The van der Waals surface area contributed by atoms with Gasteiger partial charge in [0.2, 0.25) is 29.9 Å². The van der Waals surface area contributed by atoms with Gasteiger partial charge in [0.1, 0.15) is 42.2 Å². The molecule has 2 aliphatic rings. The lowest BCUT2D eigenvalue weighted by molar-refractivity contribution is -0.277. The third-order valence-corrected chi connectivity index (χ3v) is 12.3. The first-order chi connectivity index (χ1) is 41.3. The van der Waals surface area contributed by atoms with Gasteiger partial charge in [0.05, 0.1) is 164 Å². The fraction of sp³-hybridized carbons (Fsp3) is 0.745. The van der Waals surface area contributed by atoms with Crippen LogP contribution in [0.3, 0.4) is 0 Å². The zero-order valence-corrected chi connectivity index (χ0v) is 49.0. The van der Waals surface area contributed by atoms with Gasteiger partial charge < -0.3 is 114 Å². The number of ether oxygens (including phenoxy) is 14. The van der Waals surface area contributed by atoms with Crippen molar-refractivity contribution in [2.45, 2.75) is 81.8 Å². The van der Waals surface area contributed by atoms with E-state index in [9.17, 15) is 49.2 Å². The van der Waals surface area contributed by atoms with E-state index in [1.165, 1.54) is 6.07 Å². The highest BCUT2D eigenvalue weighted by Gasteiger charge is 2.45. The number of nitrogens with two attached hydrogens (primary N) is 1. The summed E-state index contributed by atoms with van der Waals surface area (Å²) in [5.41, 5.74) is 6.66. The number of carbonyl (C=O) groups is 6. The minimum absolute atomic E-state index is 0.0311. The lowest BCUT2D eigenvalue weighted by atomic mass is 9.99. The maximum absolute atomic E-state index is 13.5. The number of amides is 6. The normalized spacial score (nSPS) is 18.4. The molecular formula is C55H92N6O24. The third kappa shape index (κ3) is 32.6. The molecule has 0 radical (unpaired) electrons. The number of nitrogens with one attached hydrogen (secondary N) is 4. The molecule has 0 aromatic heterocycles. The summed E-state index contributed by atoms with van der Waals surface area (Å²) in [6, 6.07) is 2.09. The van der Waals surface area contributed by atoms with Gasteiger partial charge in [-0.2, -0.15) is 0 Å². The molecule has 0 unspecified atom stereocenters. The molecule has 30 heteroatoms. The number of anilines is 1. The van der Waals surface area contributed by atoms with Crippen molar-refractivity contribution in [1.82, 2.24) is 20.9 Å². The fourth-order valence-electron chi connectivity index (χ4n) is 7.75. The third-order valence-electron chi connectivity index (χ3n) is 12.3. The maximum atomic E-state index is 13.5. The van der Waals surface area contributed by atoms with Crippen LogP contribution in [0.25, 0.3) is 0 Å². The Morgan fingerprint density at radius 1 is 0.588 bits per heavy atom. The average molecular weight is 1220 g/mol. The van der Waals surface area contributed by atoms with E-state index < -0.39 is 85.5 Å². The summed E-state index contributed by atoms with van der Waals surface area (Å²) < 4.78 is 76.2. The summed E-state index contributed by atoms with van der Waals surface area (Å²) in [5, 5.41) is 51.0. The molecule has 1 fully saturated rings. The number of methoxy groups -OCH3 is 1. The molecule has 30 nitrogen and oxygen atoms in total. The molecule has 0 saturated carbocycles. The number of nitrogens with zero attached hydrogens (tertiary/aromatic N) is 1. The lowest BCUT2D eigenvalue weighted by Gasteiger charge is -2.39. The zero-order chi connectivity index (χ0) is 61.7. The average Bonchev–Trinajstić information content (AvgIpc) is 3.91. The van der Waals surface area contributed by atoms with Crippen molar-refractivity contribution in [3.63, 3.8) is 0 Å². The number of benzene rings is 1. The molecule has 10 N–H and O–H groups in total. The second kappa shape index (κ2) is 47.2. The van der Waals surface area contributed by atoms with Gasteiger partial charge in [-0.15, -0.1) is 0 Å². The number of aryl methyl sites for hydroxylation is 1. The number of unbranched alkanes of at least 4 members (excludes halogenated alkanes) is 1. The molecule has 2 aliphatic heterocycles. The largest absolute Gasteiger partial charge is 0.460 e. The highest BCUT2D eigenvalue weighted by atomic mass is 16.7. The first kappa shape index (κ1) is 74.3. The number of aliphatic hydroxyl groups excluding tert-OH is 4. The van der Waals surface area contributed by atoms with E-state index in [-0.39, 0.29) is 62.9 Å². The van der Waals surface area contributed by atoms with E-state index >= 15 is 0 Å². The Bertz CT molecular complexity index is 2030. The van der Waals surface area contributed by atoms with Gasteiger partial charge in [0, 0.05) is 51.7 Å².